The highest BCUT2D eigenvalue weighted by molar-refractivity contribution is 5.24. The summed E-state index contributed by atoms with van der Waals surface area (Å²) < 4.78 is 13.1. The molecule has 19 heavy (non-hydrogen) atoms. The second-order valence-corrected chi connectivity index (χ2v) is 6.71. The van der Waals surface area contributed by atoms with Gasteiger partial charge >= 0.3 is 0 Å². The molecule has 1 N–H and O–H groups in total. The predicted octanol–water partition coefficient (Wildman–Crippen LogP) is 4.10. The maximum Gasteiger partial charge on any atom is 0.123 e. The number of piperidine rings is 1. The first-order valence-electron chi connectivity index (χ1n) is 7.63. The zero-order valence-corrected chi connectivity index (χ0v) is 11.8. The minimum absolute atomic E-state index is 0.131. The van der Waals surface area contributed by atoms with Crippen molar-refractivity contribution in [2.24, 2.45) is 11.3 Å². The molecule has 2 fully saturated rings. The van der Waals surface area contributed by atoms with Crippen molar-refractivity contribution in [2.45, 2.75) is 44.9 Å². The van der Waals surface area contributed by atoms with Crippen LogP contribution >= 0.6 is 0 Å². The molecule has 1 aromatic carbocycles. The molecule has 1 aliphatic heterocycles. The maximum atomic E-state index is 13.1. The van der Waals surface area contributed by atoms with Crippen molar-refractivity contribution in [1.82, 2.24) is 5.32 Å². The Morgan fingerprint density at radius 1 is 1.26 bits per heavy atom. The monoisotopic (exact) mass is 261 g/mol. The van der Waals surface area contributed by atoms with E-state index in [1.165, 1.54) is 37.7 Å². The van der Waals surface area contributed by atoms with Gasteiger partial charge in [-0.25, -0.2) is 4.39 Å². The molecule has 1 aromatic rings. The fraction of sp³-hybridized carbons (Fsp3) is 0.647. The van der Waals surface area contributed by atoms with Crippen molar-refractivity contribution in [1.29, 1.82) is 0 Å². The summed E-state index contributed by atoms with van der Waals surface area (Å²) in [6, 6.07) is 7.17. The summed E-state index contributed by atoms with van der Waals surface area (Å²) in [5, 5.41) is 3.52. The lowest BCUT2D eigenvalue weighted by Crippen LogP contribution is -2.43. The highest BCUT2D eigenvalue weighted by atomic mass is 19.1. The zero-order valence-electron chi connectivity index (χ0n) is 11.8. The third-order valence-corrected chi connectivity index (χ3v) is 5.31. The van der Waals surface area contributed by atoms with Crippen molar-refractivity contribution >= 4 is 0 Å². The summed E-state index contributed by atoms with van der Waals surface area (Å²) in [5.41, 5.74) is 1.68. The molecule has 1 saturated carbocycles. The van der Waals surface area contributed by atoms with Gasteiger partial charge in [0.1, 0.15) is 5.82 Å². The zero-order chi connectivity index (χ0) is 13.3. The molecule has 0 radical (unpaired) electrons. The topological polar surface area (TPSA) is 12.0 Å². The van der Waals surface area contributed by atoms with Crippen molar-refractivity contribution in [3.05, 3.63) is 35.6 Å². The molecular weight excluding hydrogens is 237 g/mol. The molecule has 0 amide bonds. The Balaban J connectivity index is 1.81. The molecule has 2 heteroatoms. The molecule has 1 saturated heterocycles. The van der Waals surface area contributed by atoms with Crippen LogP contribution in [0, 0.1) is 17.2 Å². The molecule has 2 aliphatic rings. The molecule has 3 rings (SSSR count). The molecule has 1 nitrogen and oxygen atoms in total. The standard InChI is InChI=1S/C17H24FN/c1-17(11-13-3-2-4-13)9-10-19-12-16(17)14-5-7-15(18)8-6-14/h5-8,13,16,19H,2-4,9-12H2,1H3. The third-order valence-electron chi connectivity index (χ3n) is 5.31. The first-order chi connectivity index (χ1) is 9.17. The van der Waals surface area contributed by atoms with E-state index in [2.05, 4.69) is 12.2 Å². The fourth-order valence-corrected chi connectivity index (χ4v) is 3.86. The van der Waals surface area contributed by atoms with Gasteiger partial charge in [-0.1, -0.05) is 38.3 Å². The number of benzene rings is 1. The predicted molar refractivity (Wildman–Crippen MR) is 76.7 cm³/mol. The largest absolute Gasteiger partial charge is 0.316 e. The van der Waals surface area contributed by atoms with E-state index in [9.17, 15) is 4.39 Å². The second kappa shape index (κ2) is 5.24. The molecule has 0 spiro atoms. The van der Waals surface area contributed by atoms with E-state index in [1.54, 1.807) is 12.1 Å². The van der Waals surface area contributed by atoms with Gasteiger partial charge in [-0.2, -0.15) is 0 Å². The van der Waals surface area contributed by atoms with Crippen molar-refractivity contribution in [2.75, 3.05) is 13.1 Å². The van der Waals surface area contributed by atoms with E-state index in [-0.39, 0.29) is 5.82 Å². The Bertz CT molecular complexity index is 423. The Labute approximate surface area is 115 Å². The molecule has 0 bridgehead atoms. The lowest BCUT2D eigenvalue weighted by atomic mass is 9.62. The highest BCUT2D eigenvalue weighted by Gasteiger charge is 2.40. The SMILES string of the molecule is CC1(CC2CCC2)CCNCC1c1ccc(F)cc1. The molecule has 104 valence electrons. The summed E-state index contributed by atoms with van der Waals surface area (Å²) in [6.45, 7) is 4.61. The van der Waals surface area contributed by atoms with Gasteiger partial charge in [-0.15, -0.1) is 0 Å². The van der Waals surface area contributed by atoms with E-state index < -0.39 is 0 Å². The van der Waals surface area contributed by atoms with Crippen LogP contribution < -0.4 is 5.32 Å². The number of nitrogens with one attached hydrogen (secondary N) is 1. The minimum atomic E-state index is -0.131. The van der Waals surface area contributed by atoms with E-state index in [0.717, 1.165) is 19.0 Å². The van der Waals surface area contributed by atoms with Crippen LogP contribution in [0.1, 0.15) is 50.5 Å². The number of rotatable bonds is 3. The van der Waals surface area contributed by atoms with Crippen LogP contribution in [-0.2, 0) is 0 Å². The van der Waals surface area contributed by atoms with Gasteiger partial charge in [-0.05, 0) is 48.4 Å². The second-order valence-electron chi connectivity index (χ2n) is 6.71. The first kappa shape index (κ1) is 13.1. The molecule has 1 heterocycles. The Morgan fingerprint density at radius 3 is 2.63 bits per heavy atom. The van der Waals surface area contributed by atoms with Gasteiger partial charge < -0.3 is 5.32 Å². The number of hydrogen-bond acceptors (Lipinski definition) is 1. The van der Waals surface area contributed by atoms with E-state index in [1.807, 2.05) is 12.1 Å². The molecule has 2 unspecified atom stereocenters. The van der Waals surface area contributed by atoms with Crippen molar-refractivity contribution < 1.29 is 4.39 Å². The normalized spacial score (nSPS) is 32.0. The Kier molecular flexibility index (Phi) is 3.62. The van der Waals surface area contributed by atoms with Crippen LogP contribution in [0.2, 0.25) is 0 Å². The van der Waals surface area contributed by atoms with Gasteiger partial charge in [0.15, 0.2) is 0 Å². The molecule has 2 atom stereocenters. The van der Waals surface area contributed by atoms with Crippen molar-refractivity contribution in [3.63, 3.8) is 0 Å². The summed E-state index contributed by atoms with van der Waals surface area (Å²) >= 11 is 0. The Morgan fingerprint density at radius 2 is 2.00 bits per heavy atom. The van der Waals surface area contributed by atoms with Crippen LogP contribution in [0.4, 0.5) is 4.39 Å². The first-order valence-corrected chi connectivity index (χ1v) is 7.63. The van der Waals surface area contributed by atoms with Gasteiger partial charge in [0, 0.05) is 12.5 Å². The summed E-state index contributed by atoms with van der Waals surface area (Å²) in [4.78, 5) is 0. The van der Waals surface area contributed by atoms with Crippen LogP contribution in [0.25, 0.3) is 0 Å². The van der Waals surface area contributed by atoms with Crippen LogP contribution in [0.5, 0.6) is 0 Å². The number of hydrogen-bond donors (Lipinski definition) is 1. The molecule has 0 aromatic heterocycles. The average molecular weight is 261 g/mol. The molecular formula is C17H24FN. The minimum Gasteiger partial charge on any atom is -0.316 e. The van der Waals surface area contributed by atoms with Crippen LogP contribution in [0.3, 0.4) is 0 Å². The number of halogens is 1. The maximum absolute atomic E-state index is 13.1. The van der Waals surface area contributed by atoms with Gasteiger partial charge in [0.25, 0.3) is 0 Å². The van der Waals surface area contributed by atoms with Gasteiger partial charge in [0.2, 0.25) is 0 Å². The molecule has 1 aliphatic carbocycles. The highest BCUT2D eigenvalue weighted by Crippen LogP contribution is 2.48. The smallest absolute Gasteiger partial charge is 0.123 e. The van der Waals surface area contributed by atoms with Gasteiger partial charge in [0.05, 0.1) is 0 Å². The fourth-order valence-electron chi connectivity index (χ4n) is 3.86. The van der Waals surface area contributed by atoms with Gasteiger partial charge in [-0.3, -0.25) is 0 Å². The summed E-state index contributed by atoms with van der Waals surface area (Å²) in [5.74, 6) is 1.33. The average Bonchev–Trinajstić information content (AvgIpc) is 2.36. The van der Waals surface area contributed by atoms with Crippen molar-refractivity contribution in [3.8, 4) is 0 Å². The van der Waals surface area contributed by atoms with Crippen LogP contribution in [-0.4, -0.2) is 13.1 Å². The summed E-state index contributed by atoms with van der Waals surface area (Å²) in [6.07, 6.45) is 6.83. The lowest BCUT2D eigenvalue weighted by molar-refractivity contribution is 0.111. The van der Waals surface area contributed by atoms with E-state index in [4.69, 9.17) is 0 Å². The Hall–Kier alpha value is -0.890. The van der Waals surface area contributed by atoms with E-state index in [0.29, 0.717) is 11.3 Å². The van der Waals surface area contributed by atoms with E-state index >= 15 is 0 Å². The summed E-state index contributed by atoms with van der Waals surface area (Å²) in [7, 11) is 0. The third kappa shape index (κ3) is 2.69. The van der Waals surface area contributed by atoms with Crippen LogP contribution in [0.15, 0.2) is 24.3 Å². The quantitative estimate of drug-likeness (QED) is 0.864. The lowest BCUT2D eigenvalue weighted by Gasteiger charge is -2.46.